The summed E-state index contributed by atoms with van der Waals surface area (Å²) in [7, 11) is 0. The first kappa shape index (κ1) is 19.9. The van der Waals surface area contributed by atoms with Crippen molar-refractivity contribution in [1.29, 1.82) is 0 Å². The van der Waals surface area contributed by atoms with Gasteiger partial charge in [0.15, 0.2) is 0 Å². The van der Waals surface area contributed by atoms with Gasteiger partial charge in [0.2, 0.25) is 0 Å². The minimum atomic E-state index is -0.519. The van der Waals surface area contributed by atoms with E-state index < -0.39 is 5.60 Å². The molecule has 2 nitrogen and oxygen atoms in total. The van der Waals surface area contributed by atoms with Gasteiger partial charge < -0.3 is 10.4 Å². The van der Waals surface area contributed by atoms with Crippen LogP contribution in [0.5, 0.6) is 0 Å². The third-order valence-corrected chi connectivity index (χ3v) is 4.00. The fraction of sp³-hybridized carbons (Fsp3) is 1.00. The maximum atomic E-state index is 10.2. The molecule has 0 saturated carbocycles. The zero-order chi connectivity index (χ0) is 15.1. The molecule has 0 aromatic heterocycles. The monoisotopic (exact) mass is 285 g/mol. The Kier molecular flexibility index (Phi) is 13.8. The third kappa shape index (κ3) is 14.3. The summed E-state index contributed by atoms with van der Waals surface area (Å²) in [6, 6.07) is 0. The molecule has 0 aliphatic rings. The van der Waals surface area contributed by atoms with Crippen LogP contribution in [0, 0.1) is 0 Å². The minimum absolute atomic E-state index is 0.519. The summed E-state index contributed by atoms with van der Waals surface area (Å²) >= 11 is 0. The summed E-state index contributed by atoms with van der Waals surface area (Å²) in [4.78, 5) is 0. The summed E-state index contributed by atoms with van der Waals surface area (Å²) in [6.07, 6.45) is 15.6. The summed E-state index contributed by atoms with van der Waals surface area (Å²) in [5.74, 6) is 0. The minimum Gasteiger partial charge on any atom is -0.389 e. The zero-order valence-electron chi connectivity index (χ0n) is 14.3. The van der Waals surface area contributed by atoms with Gasteiger partial charge in [-0.2, -0.15) is 0 Å². The summed E-state index contributed by atoms with van der Waals surface area (Å²) in [6.45, 7) is 8.13. The Labute approximate surface area is 127 Å². The van der Waals surface area contributed by atoms with Gasteiger partial charge in [0, 0.05) is 6.54 Å². The molecule has 1 unspecified atom stereocenters. The van der Waals surface area contributed by atoms with Crippen LogP contribution in [0.15, 0.2) is 0 Å². The Hall–Kier alpha value is -0.0800. The second-order valence-electron chi connectivity index (χ2n) is 6.61. The molecule has 1 atom stereocenters. The smallest absolute Gasteiger partial charge is 0.0743 e. The molecule has 0 aliphatic carbocycles. The zero-order valence-corrected chi connectivity index (χ0v) is 14.3. The van der Waals surface area contributed by atoms with Crippen molar-refractivity contribution in [2.75, 3.05) is 13.1 Å². The highest BCUT2D eigenvalue weighted by Crippen LogP contribution is 2.16. The van der Waals surface area contributed by atoms with E-state index in [9.17, 15) is 5.11 Å². The first-order valence-corrected chi connectivity index (χ1v) is 9.05. The quantitative estimate of drug-likeness (QED) is 0.413. The van der Waals surface area contributed by atoms with Crippen molar-refractivity contribution in [2.45, 2.75) is 103 Å². The van der Waals surface area contributed by atoms with E-state index in [-0.39, 0.29) is 0 Å². The molecule has 0 saturated heterocycles. The van der Waals surface area contributed by atoms with Crippen LogP contribution in [0.2, 0.25) is 0 Å². The van der Waals surface area contributed by atoms with Gasteiger partial charge in [-0.15, -0.1) is 0 Å². The van der Waals surface area contributed by atoms with E-state index in [1.54, 1.807) is 0 Å². The largest absolute Gasteiger partial charge is 0.389 e. The first-order chi connectivity index (χ1) is 9.62. The molecule has 0 rings (SSSR count). The SMILES string of the molecule is CCCCCCCCCCCCC(C)(O)CNCCC. The lowest BCUT2D eigenvalue weighted by molar-refractivity contribution is 0.0483. The second kappa shape index (κ2) is 13.9. The van der Waals surface area contributed by atoms with Gasteiger partial charge in [-0.1, -0.05) is 78.1 Å². The maximum Gasteiger partial charge on any atom is 0.0743 e. The molecule has 0 aliphatic heterocycles. The lowest BCUT2D eigenvalue weighted by atomic mass is 9.97. The Morgan fingerprint density at radius 2 is 1.25 bits per heavy atom. The average Bonchev–Trinajstić information content (AvgIpc) is 2.41. The Morgan fingerprint density at radius 1 is 0.750 bits per heavy atom. The number of unbranched alkanes of at least 4 members (excludes halogenated alkanes) is 9. The summed E-state index contributed by atoms with van der Waals surface area (Å²) < 4.78 is 0. The van der Waals surface area contributed by atoms with E-state index in [0.717, 1.165) is 32.4 Å². The van der Waals surface area contributed by atoms with E-state index in [2.05, 4.69) is 19.2 Å². The van der Waals surface area contributed by atoms with Crippen molar-refractivity contribution >= 4 is 0 Å². The maximum absolute atomic E-state index is 10.2. The predicted molar refractivity (Wildman–Crippen MR) is 90.2 cm³/mol. The van der Waals surface area contributed by atoms with Gasteiger partial charge in [-0.3, -0.25) is 0 Å². The van der Waals surface area contributed by atoms with E-state index in [1.807, 2.05) is 6.92 Å². The molecule has 122 valence electrons. The number of hydrogen-bond acceptors (Lipinski definition) is 2. The highest BCUT2D eigenvalue weighted by Gasteiger charge is 2.18. The van der Waals surface area contributed by atoms with Crippen LogP contribution >= 0.6 is 0 Å². The molecule has 0 heterocycles. The van der Waals surface area contributed by atoms with E-state index in [1.165, 1.54) is 57.8 Å². The lowest BCUT2D eigenvalue weighted by Gasteiger charge is -2.23. The van der Waals surface area contributed by atoms with Crippen molar-refractivity contribution < 1.29 is 5.11 Å². The third-order valence-electron chi connectivity index (χ3n) is 4.00. The topological polar surface area (TPSA) is 32.3 Å². The lowest BCUT2D eigenvalue weighted by Crippen LogP contribution is -2.38. The average molecular weight is 286 g/mol. The molecule has 0 aromatic rings. The summed E-state index contributed by atoms with van der Waals surface area (Å²) in [5, 5.41) is 13.5. The van der Waals surface area contributed by atoms with Crippen molar-refractivity contribution in [2.24, 2.45) is 0 Å². The molecule has 0 amide bonds. The summed E-state index contributed by atoms with van der Waals surface area (Å²) in [5.41, 5.74) is -0.519. The molecule has 0 radical (unpaired) electrons. The fourth-order valence-electron chi connectivity index (χ4n) is 2.62. The van der Waals surface area contributed by atoms with Gasteiger partial charge in [-0.05, 0) is 26.3 Å². The molecule has 2 heteroatoms. The Bertz CT molecular complexity index is 192. The van der Waals surface area contributed by atoms with Gasteiger partial charge in [0.25, 0.3) is 0 Å². The van der Waals surface area contributed by atoms with Crippen molar-refractivity contribution in [3.05, 3.63) is 0 Å². The normalized spacial score (nSPS) is 14.4. The molecule has 0 aromatic carbocycles. The number of nitrogens with one attached hydrogen (secondary N) is 1. The number of hydrogen-bond donors (Lipinski definition) is 2. The van der Waals surface area contributed by atoms with E-state index >= 15 is 0 Å². The highest BCUT2D eigenvalue weighted by atomic mass is 16.3. The van der Waals surface area contributed by atoms with Crippen LogP contribution in [-0.4, -0.2) is 23.8 Å². The molecular weight excluding hydrogens is 246 g/mol. The van der Waals surface area contributed by atoms with Crippen LogP contribution in [-0.2, 0) is 0 Å². The van der Waals surface area contributed by atoms with Crippen LogP contribution in [0.25, 0.3) is 0 Å². The van der Waals surface area contributed by atoms with Crippen LogP contribution in [0.1, 0.15) is 97.8 Å². The van der Waals surface area contributed by atoms with Gasteiger partial charge in [-0.25, -0.2) is 0 Å². The number of aliphatic hydroxyl groups is 1. The molecular formula is C18H39NO. The van der Waals surface area contributed by atoms with Crippen LogP contribution in [0.3, 0.4) is 0 Å². The molecule has 0 fully saturated rings. The molecule has 2 N–H and O–H groups in total. The first-order valence-electron chi connectivity index (χ1n) is 9.05. The predicted octanol–water partition coefficient (Wildman–Crippen LogP) is 5.05. The standard InChI is InChI=1S/C18H39NO/c1-4-6-7-8-9-10-11-12-13-14-15-18(3,20)17-19-16-5-2/h19-20H,4-17H2,1-3H3. The van der Waals surface area contributed by atoms with E-state index in [0.29, 0.717) is 0 Å². The van der Waals surface area contributed by atoms with Crippen molar-refractivity contribution in [1.82, 2.24) is 5.32 Å². The number of rotatable bonds is 15. The second-order valence-corrected chi connectivity index (χ2v) is 6.61. The van der Waals surface area contributed by atoms with Crippen LogP contribution < -0.4 is 5.32 Å². The van der Waals surface area contributed by atoms with Gasteiger partial charge >= 0.3 is 0 Å². The fourth-order valence-corrected chi connectivity index (χ4v) is 2.62. The molecule has 0 bridgehead atoms. The Morgan fingerprint density at radius 3 is 1.75 bits per heavy atom. The van der Waals surface area contributed by atoms with E-state index in [4.69, 9.17) is 0 Å². The van der Waals surface area contributed by atoms with Gasteiger partial charge in [0.05, 0.1) is 5.60 Å². The molecule has 0 spiro atoms. The van der Waals surface area contributed by atoms with Crippen LogP contribution in [0.4, 0.5) is 0 Å². The Balaban J connectivity index is 3.25. The van der Waals surface area contributed by atoms with Gasteiger partial charge in [0.1, 0.15) is 0 Å². The van der Waals surface area contributed by atoms with Crippen molar-refractivity contribution in [3.63, 3.8) is 0 Å². The van der Waals surface area contributed by atoms with Crippen molar-refractivity contribution in [3.8, 4) is 0 Å². The molecule has 20 heavy (non-hydrogen) atoms. The highest BCUT2D eigenvalue weighted by molar-refractivity contribution is 4.75.